The van der Waals surface area contributed by atoms with Crippen molar-refractivity contribution >= 4 is 5.97 Å². The zero-order valence-electron chi connectivity index (χ0n) is 8.80. The zero-order chi connectivity index (χ0) is 9.90. The third-order valence-corrected chi connectivity index (χ3v) is 2.93. The van der Waals surface area contributed by atoms with Gasteiger partial charge in [-0.1, -0.05) is 20.8 Å². The molecule has 1 saturated heterocycles. The van der Waals surface area contributed by atoms with Crippen LogP contribution in [0.25, 0.3) is 0 Å². The normalized spacial score (nSPS) is 22.8. The summed E-state index contributed by atoms with van der Waals surface area (Å²) in [4.78, 5) is 13.5. The maximum Gasteiger partial charge on any atom is 0.320 e. The smallest absolute Gasteiger partial charge is 0.320 e. The summed E-state index contributed by atoms with van der Waals surface area (Å²) in [5.74, 6) is -0.0724. The number of ether oxygens (including phenoxy) is 1. The number of rotatable bonds is 3. The minimum absolute atomic E-state index is 0.0724. The van der Waals surface area contributed by atoms with Gasteiger partial charge in [0.15, 0.2) is 0 Å². The molecule has 3 heteroatoms. The number of carbonyl (C=O) groups is 1. The van der Waals surface area contributed by atoms with E-state index < -0.39 is 0 Å². The van der Waals surface area contributed by atoms with Gasteiger partial charge in [-0.15, -0.1) is 0 Å². The fourth-order valence-corrected chi connectivity index (χ4v) is 1.79. The lowest BCUT2D eigenvalue weighted by molar-refractivity contribution is -0.175. The average Bonchev–Trinajstić information content (AvgIpc) is 2.16. The van der Waals surface area contributed by atoms with Gasteiger partial charge in [-0.05, 0) is 19.4 Å². The molecule has 0 spiro atoms. The van der Waals surface area contributed by atoms with Crippen molar-refractivity contribution in [1.29, 1.82) is 0 Å². The predicted octanol–water partition coefficient (Wildman–Crippen LogP) is 1.42. The molecule has 1 aliphatic heterocycles. The molecule has 1 rings (SSSR count). The lowest BCUT2D eigenvalue weighted by Gasteiger charge is -2.40. The maximum absolute atomic E-state index is 11.3. The minimum Gasteiger partial charge on any atom is -0.457 e. The number of hydrogen-bond acceptors (Lipinski definition) is 3. The van der Waals surface area contributed by atoms with E-state index in [0.29, 0.717) is 6.54 Å². The minimum atomic E-state index is -0.217. The molecule has 13 heavy (non-hydrogen) atoms. The van der Waals surface area contributed by atoms with Crippen LogP contribution in [0, 0.1) is 0 Å². The van der Waals surface area contributed by atoms with Crippen molar-refractivity contribution < 1.29 is 9.53 Å². The van der Waals surface area contributed by atoms with Gasteiger partial charge in [0.05, 0.1) is 6.54 Å². The molecule has 1 aliphatic rings. The Kier molecular flexibility index (Phi) is 3.31. The molecule has 0 aromatic rings. The van der Waals surface area contributed by atoms with Crippen LogP contribution < -0.4 is 0 Å². The van der Waals surface area contributed by atoms with E-state index in [1.54, 1.807) is 0 Å². The van der Waals surface area contributed by atoms with Crippen LogP contribution in [0.15, 0.2) is 0 Å². The SMILES string of the molecule is CCN1CC(=O)OC(CC)(CC)C1. The van der Waals surface area contributed by atoms with Gasteiger partial charge in [-0.25, -0.2) is 0 Å². The van der Waals surface area contributed by atoms with Crippen molar-refractivity contribution in [2.75, 3.05) is 19.6 Å². The molecule has 0 unspecified atom stereocenters. The Bertz CT molecular complexity index is 187. The molecule has 0 bridgehead atoms. The predicted molar refractivity (Wildman–Crippen MR) is 51.5 cm³/mol. The lowest BCUT2D eigenvalue weighted by atomic mass is 9.95. The topological polar surface area (TPSA) is 29.5 Å². The Morgan fingerprint density at radius 1 is 1.38 bits per heavy atom. The summed E-state index contributed by atoms with van der Waals surface area (Å²) in [7, 11) is 0. The summed E-state index contributed by atoms with van der Waals surface area (Å²) in [6.07, 6.45) is 1.82. The molecule has 0 saturated carbocycles. The van der Waals surface area contributed by atoms with E-state index in [-0.39, 0.29) is 11.6 Å². The highest BCUT2D eigenvalue weighted by Crippen LogP contribution is 2.25. The van der Waals surface area contributed by atoms with Crippen molar-refractivity contribution in [3.05, 3.63) is 0 Å². The molecule has 0 N–H and O–H groups in total. The highest BCUT2D eigenvalue weighted by Gasteiger charge is 2.37. The zero-order valence-corrected chi connectivity index (χ0v) is 8.80. The second-order valence-electron chi connectivity index (χ2n) is 3.67. The summed E-state index contributed by atoms with van der Waals surface area (Å²) in [6.45, 7) is 8.51. The maximum atomic E-state index is 11.3. The second kappa shape index (κ2) is 4.09. The lowest BCUT2D eigenvalue weighted by Crippen LogP contribution is -2.53. The number of cyclic esters (lactones) is 1. The van der Waals surface area contributed by atoms with Crippen molar-refractivity contribution in [2.45, 2.75) is 39.2 Å². The third-order valence-electron chi connectivity index (χ3n) is 2.93. The van der Waals surface area contributed by atoms with Crippen LogP contribution in [0.5, 0.6) is 0 Å². The third kappa shape index (κ3) is 2.21. The summed E-state index contributed by atoms with van der Waals surface area (Å²) in [5, 5.41) is 0. The Hall–Kier alpha value is -0.570. The summed E-state index contributed by atoms with van der Waals surface area (Å²) >= 11 is 0. The first kappa shape index (κ1) is 10.5. The van der Waals surface area contributed by atoms with Gasteiger partial charge in [-0.2, -0.15) is 0 Å². The molecule has 0 aromatic heterocycles. The monoisotopic (exact) mass is 185 g/mol. The number of hydrogen-bond donors (Lipinski definition) is 0. The van der Waals surface area contributed by atoms with Crippen LogP contribution in [-0.2, 0) is 9.53 Å². The van der Waals surface area contributed by atoms with Crippen molar-refractivity contribution in [1.82, 2.24) is 4.90 Å². The number of likely N-dealkylation sites (N-methyl/N-ethyl adjacent to an activating group) is 1. The van der Waals surface area contributed by atoms with Crippen molar-refractivity contribution in [3.8, 4) is 0 Å². The van der Waals surface area contributed by atoms with Gasteiger partial charge in [0.2, 0.25) is 0 Å². The number of carbonyl (C=O) groups excluding carboxylic acids is 1. The molecule has 0 aromatic carbocycles. The molecule has 0 radical (unpaired) electrons. The van der Waals surface area contributed by atoms with Gasteiger partial charge in [0, 0.05) is 6.54 Å². The quantitative estimate of drug-likeness (QED) is 0.623. The molecule has 76 valence electrons. The number of nitrogens with zero attached hydrogens (tertiary/aromatic N) is 1. The average molecular weight is 185 g/mol. The van der Waals surface area contributed by atoms with Gasteiger partial charge in [0.25, 0.3) is 0 Å². The van der Waals surface area contributed by atoms with Crippen LogP contribution in [0.1, 0.15) is 33.6 Å². The van der Waals surface area contributed by atoms with Gasteiger partial charge < -0.3 is 4.74 Å². The first-order valence-electron chi connectivity index (χ1n) is 5.10. The number of morpholine rings is 1. The Balaban J connectivity index is 2.69. The van der Waals surface area contributed by atoms with E-state index in [2.05, 4.69) is 25.7 Å². The summed E-state index contributed by atoms with van der Waals surface area (Å²) in [6, 6.07) is 0. The molecule has 1 heterocycles. The van der Waals surface area contributed by atoms with Gasteiger partial charge in [0.1, 0.15) is 5.60 Å². The van der Waals surface area contributed by atoms with Crippen molar-refractivity contribution in [2.24, 2.45) is 0 Å². The van der Waals surface area contributed by atoms with E-state index in [1.807, 2.05) is 0 Å². The first-order valence-corrected chi connectivity index (χ1v) is 5.10. The van der Waals surface area contributed by atoms with E-state index in [4.69, 9.17) is 4.74 Å². The van der Waals surface area contributed by atoms with E-state index in [9.17, 15) is 4.79 Å². The first-order chi connectivity index (χ1) is 6.15. The summed E-state index contributed by atoms with van der Waals surface area (Å²) in [5.41, 5.74) is -0.217. The highest BCUT2D eigenvalue weighted by molar-refractivity contribution is 5.73. The van der Waals surface area contributed by atoms with Gasteiger partial charge in [-0.3, -0.25) is 9.69 Å². The molecule has 0 atom stereocenters. The Morgan fingerprint density at radius 2 is 2.00 bits per heavy atom. The van der Waals surface area contributed by atoms with Crippen LogP contribution in [0.3, 0.4) is 0 Å². The fraction of sp³-hybridized carbons (Fsp3) is 0.900. The molecule has 0 aliphatic carbocycles. The van der Waals surface area contributed by atoms with Crippen LogP contribution in [-0.4, -0.2) is 36.1 Å². The van der Waals surface area contributed by atoms with Crippen molar-refractivity contribution in [3.63, 3.8) is 0 Å². The second-order valence-corrected chi connectivity index (χ2v) is 3.67. The van der Waals surface area contributed by atoms with Crippen LogP contribution >= 0.6 is 0 Å². The van der Waals surface area contributed by atoms with E-state index in [0.717, 1.165) is 25.9 Å². The highest BCUT2D eigenvalue weighted by atomic mass is 16.6. The van der Waals surface area contributed by atoms with E-state index >= 15 is 0 Å². The molecule has 0 amide bonds. The fourth-order valence-electron chi connectivity index (χ4n) is 1.79. The van der Waals surface area contributed by atoms with E-state index in [1.165, 1.54) is 0 Å². The molecular weight excluding hydrogens is 166 g/mol. The molecule has 1 fully saturated rings. The number of esters is 1. The molecular formula is C10H19NO2. The van der Waals surface area contributed by atoms with Crippen LogP contribution in [0.2, 0.25) is 0 Å². The largest absolute Gasteiger partial charge is 0.457 e. The van der Waals surface area contributed by atoms with Crippen LogP contribution in [0.4, 0.5) is 0 Å². The Morgan fingerprint density at radius 3 is 2.46 bits per heavy atom. The molecule has 3 nitrogen and oxygen atoms in total. The Labute approximate surface area is 80.1 Å². The summed E-state index contributed by atoms with van der Waals surface area (Å²) < 4.78 is 5.42. The standard InChI is InChI=1S/C10H19NO2/c1-4-10(5-2)8-11(6-3)7-9(12)13-10/h4-8H2,1-3H3. The van der Waals surface area contributed by atoms with Gasteiger partial charge >= 0.3 is 5.97 Å².